The summed E-state index contributed by atoms with van der Waals surface area (Å²) in [5.41, 5.74) is 2.58. The van der Waals surface area contributed by atoms with Crippen molar-refractivity contribution in [3.63, 3.8) is 0 Å². The number of aromatic nitrogens is 7. The van der Waals surface area contributed by atoms with E-state index in [9.17, 15) is 14.7 Å². The third kappa shape index (κ3) is 4.04. The highest BCUT2D eigenvalue weighted by Crippen LogP contribution is 2.39. The van der Waals surface area contributed by atoms with Crippen LogP contribution in [0.3, 0.4) is 0 Å². The number of tetrazole rings is 1. The average molecular weight is 575 g/mol. The van der Waals surface area contributed by atoms with Crippen LogP contribution >= 0.6 is 46.1 Å². The van der Waals surface area contributed by atoms with E-state index < -0.39 is 12.0 Å². The van der Waals surface area contributed by atoms with Crippen molar-refractivity contribution in [3.05, 3.63) is 84.7 Å². The quantitative estimate of drug-likeness (QED) is 0.297. The average Bonchev–Trinajstić information content (AvgIpc) is 3.67. The fraction of sp³-hybridized carbons (Fsp3) is 0.130. The molecule has 14 heteroatoms. The normalized spacial score (nSPS) is 14.7. The second kappa shape index (κ2) is 9.10. The van der Waals surface area contributed by atoms with Gasteiger partial charge in [-0.3, -0.25) is 4.79 Å². The van der Waals surface area contributed by atoms with Crippen LogP contribution in [0.2, 0.25) is 15.2 Å². The minimum Gasteiger partial charge on any atom is -0.477 e. The van der Waals surface area contributed by atoms with Gasteiger partial charge in [-0.15, -0.1) is 16.4 Å². The molecule has 0 amide bonds. The second-order valence-electron chi connectivity index (χ2n) is 8.26. The summed E-state index contributed by atoms with van der Waals surface area (Å²) in [6.07, 6.45) is 2.64. The van der Waals surface area contributed by atoms with Gasteiger partial charge < -0.3 is 14.7 Å². The first-order valence-corrected chi connectivity index (χ1v) is 12.8. The molecule has 1 atom stereocenters. The van der Waals surface area contributed by atoms with Crippen LogP contribution in [0.5, 0.6) is 0 Å². The molecule has 10 nitrogen and oxygen atoms in total. The van der Waals surface area contributed by atoms with Gasteiger partial charge in [-0.25, -0.2) is 9.78 Å². The molecule has 37 heavy (non-hydrogen) atoms. The van der Waals surface area contributed by atoms with Crippen LogP contribution in [-0.2, 0) is 6.42 Å². The highest BCUT2D eigenvalue weighted by atomic mass is 35.5. The number of carboxylic acids is 1. The van der Waals surface area contributed by atoms with E-state index in [4.69, 9.17) is 34.8 Å². The SMILES string of the molecule is O=C(O)c1ccc(-c2nc([C@@H]3CCc4cc(-c5cc(Cl)ccc5-n5cnnn5)c(Cl)c(=O)n43)[nH]c2Cl)s1. The van der Waals surface area contributed by atoms with E-state index in [0.29, 0.717) is 51.1 Å². The van der Waals surface area contributed by atoms with Gasteiger partial charge in [-0.1, -0.05) is 34.8 Å². The number of benzene rings is 1. The fourth-order valence-electron chi connectivity index (χ4n) is 4.52. The summed E-state index contributed by atoms with van der Waals surface area (Å²) in [7, 11) is 0. The molecule has 0 spiro atoms. The number of nitrogens with zero attached hydrogens (tertiary/aromatic N) is 6. The Kier molecular flexibility index (Phi) is 5.87. The topological polar surface area (TPSA) is 132 Å². The lowest BCUT2D eigenvalue weighted by molar-refractivity contribution is 0.0702. The molecular formula is C23H14Cl3N7O3S. The van der Waals surface area contributed by atoms with Crippen molar-refractivity contribution in [3.8, 4) is 27.4 Å². The zero-order chi connectivity index (χ0) is 25.8. The van der Waals surface area contributed by atoms with E-state index in [1.807, 2.05) is 6.07 Å². The third-order valence-electron chi connectivity index (χ3n) is 6.14. The third-order valence-corrected chi connectivity index (χ3v) is 8.09. The van der Waals surface area contributed by atoms with E-state index in [1.165, 1.54) is 17.1 Å². The molecule has 4 aromatic heterocycles. The number of aromatic carboxylic acids is 1. The van der Waals surface area contributed by atoms with Gasteiger partial charge in [0.05, 0.1) is 16.6 Å². The molecular weight excluding hydrogens is 561 g/mol. The monoisotopic (exact) mass is 573 g/mol. The number of pyridine rings is 1. The fourth-order valence-corrected chi connectivity index (χ4v) is 6.08. The predicted octanol–water partition coefficient (Wildman–Crippen LogP) is 5.14. The van der Waals surface area contributed by atoms with Crippen LogP contribution in [0.4, 0.5) is 0 Å². The van der Waals surface area contributed by atoms with E-state index in [1.54, 1.807) is 28.8 Å². The molecule has 0 aliphatic carbocycles. The molecule has 0 radical (unpaired) electrons. The molecule has 2 N–H and O–H groups in total. The van der Waals surface area contributed by atoms with Crippen molar-refractivity contribution in [1.29, 1.82) is 0 Å². The highest BCUT2D eigenvalue weighted by molar-refractivity contribution is 7.17. The van der Waals surface area contributed by atoms with Crippen molar-refractivity contribution in [1.82, 2.24) is 34.7 Å². The van der Waals surface area contributed by atoms with Gasteiger partial charge in [0, 0.05) is 21.8 Å². The number of carbonyl (C=O) groups is 1. The summed E-state index contributed by atoms with van der Waals surface area (Å²) < 4.78 is 3.09. The molecule has 5 heterocycles. The van der Waals surface area contributed by atoms with Crippen LogP contribution in [-0.4, -0.2) is 45.8 Å². The Labute approximate surface area is 227 Å². The number of imidazole rings is 1. The molecule has 0 saturated heterocycles. The van der Waals surface area contributed by atoms with Crippen LogP contribution < -0.4 is 5.56 Å². The highest BCUT2D eigenvalue weighted by Gasteiger charge is 2.31. The molecule has 0 bridgehead atoms. The number of fused-ring (bicyclic) bond motifs is 1. The number of hydrogen-bond acceptors (Lipinski definition) is 7. The second-order valence-corrected chi connectivity index (χ2v) is 10.5. The Morgan fingerprint density at radius 2 is 1.97 bits per heavy atom. The van der Waals surface area contributed by atoms with Gasteiger partial charge in [0.2, 0.25) is 0 Å². The Hall–Kier alpha value is -3.51. The van der Waals surface area contributed by atoms with Crippen molar-refractivity contribution >= 4 is 52.1 Å². The number of rotatable bonds is 5. The van der Waals surface area contributed by atoms with Crippen molar-refractivity contribution < 1.29 is 9.90 Å². The zero-order valence-corrected chi connectivity index (χ0v) is 21.6. The molecule has 0 fully saturated rings. The van der Waals surface area contributed by atoms with Gasteiger partial charge in [0.1, 0.15) is 32.9 Å². The van der Waals surface area contributed by atoms with Crippen molar-refractivity contribution in [2.24, 2.45) is 0 Å². The summed E-state index contributed by atoms with van der Waals surface area (Å²) in [5.74, 6) is -0.528. The number of hydrogen-bond donors (Lipinski definition) is 2. The molecule has 5 aromatic rings. The first-order chi connectivity index (χ1) is 17.8. The Morgan fingerprint density at radius 1 is 1.14 bits per heavy atom. The van der Waals surface area contributed by atoms with Crippen LogP contribution in [0.25, 0.3) is 27.4 Å². The molecule has 1 aliphatic rings. The first-order valence-electron chi connectivity index (χ1n) is 10.9. The first kappa shape index (κ1) is 23.9. The number of carboxylic acid groups (broad SMARTS) is 1. The molecule has 6 rings (SSSR count). The maximum Gasteiger partial charge on any atom is 0.345 e. The summed E-state index contributed by atoms with van der Waals surface area (Å²) in [6.45, 7) is 0. The predicted molar refractivity (Wildman–Crippen MR) is 139 cm³/mol. The molecule has 186 valence electrons. The number of H-pyrrole nitrogens is 1. The minimum atomic E-state index is -1.02. The van der Waals surface area contributed by atoms with E-state index >= 15 is 0 Å². The van der Waals surface area contributed by atoms with Gasteiger partial charge in [0.25, 0.3) is 5.56 Å². The molecule has 0 unspecified atom stereocenters. The van der Waals surface area contributed by atoms with E-state index in [0.717, 1.165) is 17.0 Å². The Morgan fingerprint density at radius 3 is 2.70 bits per heavy atom. The number of aryl methyl sites for hydroxylation is 1. The lowest BCUT2D eigenvalue weighted by Gasteiger charge is -2.16. The van der Waals surface area contributed by atoms with Crippen LogP contribution in [0.1, 0.15) is 33.7 Å². The number of nitrogens with one attached hydrogen (secondary N) is 1. The maximum atomic E-state index is 13.6. The standard InChI is InChI=1S/C23H14Cl3N7O3S/c24-10-1-3-14(32-9-27-30-31-32)12(7-10)13-8-11-2-4-15(33(11)22(34)18(13)25)21-28-19(20(26)29-21)16-5-6-17(37-16)23(35)36/h1,3,5-9,15H,2,4H2,(H,28,29)(H,35,36)/t15-/m0/s1. The van der Waals surface area contributed by atoms with Crippen molar-refractivity contribution in [2.45, 2.75) is 18.9 Å². The molecule has 1 aromatic carbocycles. The zero-order valence-electron chi connectivity index (χ0n) is 18.5. The maximum absolute atomic E-state index is 13.6. The smallest absolute Gasteiger partial charge is 0.345 e. The van der Waals surface area contributed by atoms with E-state index in [2.05, 4.69) is 25.5 Å². The largest absolute Gasteiger partial charge is 0.477 e. The summed E-state index contributed by atoms with van der Waals surface area (Å²) in [6, 6.07) is 9.79. The lowest BCUT2D eigenvalue weighted by atomic mass is 10.0. The van der Waals surface area contributed by atoms with Crippen molar-refractivity contribution in [2.75, 3.05) is 0 Å². The summed E-state index contributed by atoms with van der Waals surface area (Å²) in [5, 5.41) is 21.3. The van der Waals surface area contributed by atoms with Gasteiger partial charge >= 0.3 is 5.97 Å². The molecule has 0 saturated carbocycles. The number of thiophene rings is 1. The summed E-state index contributed by atoms with van der Waals surface area (Å²) in [4.78, 5) is 33.3. The van der Waals surface area contributed by atoms with Gasteiger partial charge in [0.15, 0.2) is 0 Å². The Bertz CT molecular complexity index is 1740. The van der Waals surface area contributed by atoms with E-state index in [-0.39, 0.29) is 20.6 Å². The minimum absolute atomic E-state index is 0.0227. The van der Waals surface area contributed by atoms with Gasteiger partial charge in [-0.05, 0) is 59.7 Å². The Balaban J connectivity index is 1.43. The van der Waals surface area contributed by atoms with Crippen LogP contribution in [0.15, 0.2) is 47.5 Å². The number of halogens is 3. The molecule has 1 aliphatic heterocycles. The van der Waals surface area contributed by atoms with Gasteiger partial charge in [-0.2, -0.15) is 4.68 Å². The lowest BCUT2D eigenvalue weighted by Crippen LogP contribution is -2.25. The number of aromatic amines is 1. The van der Waals surface area contributed by atoms with Crippen LogP contribution in [0, 0.1) is 0 Å². The summed E-state index contributed by atoms with van der Waals surface area (Å²) >= 11 is 20.5.